The number of benzene rings is 2. The summed E-state index contributed by atoms with van der Waals surface area (Å²) in [6.45, 7) is 2.24. The fourth-order valence-corrected chi connectivity index (χ4v) is 3.33. The van der Waals surface area contributed by atoms with E-state index in [2.05, 4.69) is 66.0 Å². The third-order valence-electron chi connectivity index (χ3n) is 4.34. The van der Waals surface area contributed by atoms with Crippen molar-refractivity contribution in [2.75, 3.05) is 13.1 Å². The molecule has 1 N–H and O–H groups in total. The van der Waals surface area contributed by atoms with Gasteiger partial charge in [-0.05, 0) is 43.5 Å². The van der Waals surface area contributed by atoms with E-state index >= 15 is 0 Å². The fraction of sp³-hybridized carbons (Fsp3) is 0.333. The Morgan fingerprint density at radius 3 is 1.84 bits per heavy atom. The Morgan fingerprint density at radius 2 is 1.26 bits per heavy atom. The van der Waals surface area contributed by atoms with Crippen LogP contribution in [-0.4, -0.2) is 13.1 Å². The van der Waals surface area contributed by atoms with Crippen LogP contribution in [0.1, 0.15) is 30.4 Å². The summed E-state index contributed by atoms with van der Waals surface area (Å²) in [6, 6.07) is 22.0. The molecule has 1 fully saturated rings. The molecule has 1 nitrogen and oxygen atoms in total. The van der Waals surface area contributed by atoms with Crippen LogP contribution in [0.3, 0.4) is 0 Å². The zero-order valence-electron chi connectivity index (χ0n) is 11.3. The molecule has 0 unspecified atom stereocenters. The lowest BCUT2D eigenvalue weighted by Crippen LogP contribution is -2.29. The summed E-state index contributed by atoms with van der Waals surface area (Å²) in [5.41, 5.74) is 3.11. The Labute approximate surface area is 115 Å². The second kappa shape index (κ2) is 5.58. The van der Waals surface area contributed by atoms with Crippen LogP contribution in [0.2, 0.25) is 0 Å². The molecule has 0 atom stereocenters. The van der Waals surface area contributed by atoms with Crippen LogP contribution < -0.4 is 5.32 Å². The zero-order valence-corrected chi connectivity index (χ0v) is 11.3. The van der Waals surface area contributed by atoms with Gasteiger partial charge in [-0.1, -0.05) is 60.7 Å². The number of hydrogen-bond donors (Lipinski definition) is 1. The summed E-state index contributed by atoms with van der Waals surface area (Å²) in [7, 11) is 0. The third-order valence-corrected chi connectivity index (χ3v) is 4.34. The van der Waals surface area contributed by atoms with Gasteiger partial charge in [0.25, 0.3) is 0 Å². The van der Waals surface area contributed by atoms with E-state index < -0.39 is 0 Å². The van der Waals surface area contributed by atoms with Gasteiger partial charge in [0.1, 0.15) is 0 Å². The van der Waals surface area contributed by atoms with Crippen molar-refractivity contribution in [3.05, 3.63) is 71.8 Å². The smallest absolute Gasteiger partial charge is 0.0215 e. The summed E-state index contributed by atoms with van der Waals surface area (Å²) in [6.07, 6.45) is 3.65. The van der Waals surface area contributed by atoms with Crippen LogP contribution in [0.15, 0.2) is 60.7 Å². The van der Waals surface area contributed by atoms with Gasteiger partial charge in [0.05, 0.1) is 0 Å². The Morgan fingerprint density at radius 1 is 0.684 bits per heavy atom. The normalized spacial score (nSPS) is 18.7. The van der Waals surface area contributed by atoms with Crippen molar-refractivity contribution in [2.24, 2.45) is 0 Å². The second-order valence-electron chi connectivity index (χ2n) is 5.42. The van der Waals surface area contributed by atoms with Crippen molar-refractivity contribution in [1.82, 2.24) is 5.32 Å². The molecule has 0 spiro atoms. The SMILES string of the molecule is c1ccc(C2(c3ccccc3)CCCNCC2)cc1. The highest BCUT2D eigenvalue weighted by Crippen LogP contribution is 2.40. The molecule has 2 aromatic carbocycles. The third kappa shape index (κ3) is 2.43. The van der Waals surface area contributed by atoms with Gasteiger partial charge in [0.15, 0.2) is 0 Å². The molecule has 19 heavy (non-hydrogen) atoms. The summed E-state index contributed by atoms with van der Waals surface area (Å²) in [5.74, 6) is 0. The maximum atomic E-state index is 3.54. The Bertz CT molecular complexity index is 454. The van der Waals surface area contributed by atoms with Crippen LogP contribution in [0.4, 0.5) is 0 Å². The maximum Gasteiger partial charge on any atom is 0.0215 e. The van der Waals surface area contributed by atoms with Crippen molar-refractivity contribution in [3.63, 3.8) is 0 Å². The van der Waals surface area contributed by atoms with E-state index in [1.54, 1.807) is 0 Å². The van der Waals surface area contributed by atoms with E-state index in [4.69, 9.17) is 0 Å². The molecule has 0 amide bonds. The Hall–Kier alpha value is -1.60. The first-order chi connectivity index (χ1) is 9.42. The Kier molecular flexibility index (Phi) is 3.65. The molecule has 1 aliphatic rings. The van der Waals surface area contributed by atoms with Gasteiger partial charge in [-0.15, -0.1) is 0 Å². The van der Waals surface area contributed by atoms with Crippen LogP contribution in [0.5, 0.6) is 0 Å². The van der Waals surface area contributed by atoms with Gasteiger partial charge in [-0.25, -0.2) is 0 Å². The number of hydrogen-bond acceptors (Lipinski definition) is 1. The first-order valence-electron chi connectivity index (χ1n) is 7.24. The molecule has 2 aromatic rings. The van der Waals surface area contributed by atoms with Crippen LogP contribution in [-0.2, 0) is 5.41 Å². The molecule has 3 rings (SSSR count). The lowest BCUT2D eigenvalue weighted by atomic mass is 9.69. The summed E-state index contributed by atoms with van der Waals surface area (Å²) in [4.78, 5) is 0. The average molecular weight is 251 g/mol. The molecule has 0 saturated carbocycles. The number of nitrogens with one attached hydrogen (secondary N) is 1. The molecule has 98 valence electrons. The fourth-order valence-electron chi connectivity index (χ4n) is 3.33. The van der Waals surface area contributed by atoms with Gasteiger partial charge in [0, 0.05) is 5.41 Å². The van der Waals surface area contributed by atoms with Crippen LogP contribution in [0, 0.1) is 0 Å². The van der Waals surface area contributed by atoms with Gasteiger partial charge in [0.2, 0.25) is 0 Å². The lowest BCUT2D eigenvalue weighted by molar-refractivity contribution is 0.458. The van der Waals surface area contributed by atoms with Crippen molar-refractivity contribution in [2.45, 2.75) is 24.7 Å². The molecule has 0 aromatic heterocycles. The molecular formula is C18H21N. The van der Waals surface area contributed by atoms with E-state index in [9.17, 15) is 0 Å². The second-order valence-corrected chi connectivity index (χ2v) is 5.42. The molecular weight excluding hydrogens is 230 g/mol. The van der Waals surface area contributed by atoms with Gasteiger partial charge in [-0.2, -0.15) is 0 Å². The highest BCUT2D eigenvalue weighted by Gasteiger charge is 2.34. The van der Waals surface area contributed by atoms with E-state index in [1.807, 2.05) is 0 Å². The first-order valence-corrected chi connectivity index (χ1v) is 7.24. The minimum Gasteiger partial charge on any atom is -0.317 e. The quantitative estimate of drug-likeness (QED) is 0.857. The predicted octanol–water partition coefficient (Wildman–Crippen LogP) is 3.75. The molecule has 1 aliphatic heterocycles. The topological polar surface area (TPSA) is 12.0 Å². The number of rotatable bonds is 2. The predicted molar refractivity (Wildman–Crippen MR) is 80.4 cm³/mol. The van der Waals surface area contributed by atoms with E-state index in [-0.39, 0.29) is 5.41 Å². The molecule has 0 aliphatic carbocycles. The molecule has 1 heteroatoms. The minimum absolute atomic E-state index is 0.187. The standard InChI is InChI=1S/C18H21N/c1-3-8-16(9-4-1)18(12-7-14-19-15-13-18)17-10-5-2-6-11-17/h1-6,8-11,19H,7,12-15H2. The summed E-state index contributed by atoms with van der Waals surface area (Å²) in [5, 5.41) is 3.54. The van der Waals surface area contributed by atoms with Gasteiger partial charge >= 0.3 is 0 Å². The summed E-state index contributed by atoms with van der Waals surface area (Å²) < 4.78 is 0. The zero-order chi connectivity index (χ0) is 13.0. The van der Waals surface area contributed by atoms with E-state index in [1.165, 1.54) is 30.4 Å². The van der Waals surface area contributed by atoms with Gasteiger partial charge < -0.3 is 5.32 Å². The van der Waals surface area contributed by atoms with Crippen LogP contribution >= 0.6 is 0 Å². The monoisotopic (exact) mass is 251 g/mol. The first kappa shape index (κ1) is 12.4. The van der Waals surface area contributed by atoms with Crippen molar-refractivity contribution in [3.8, 4) is 0 Å². The lowest BCUT2D eigenvalue weighted by Gasteiger charge is -2.34. The summed E-state index contributed by atoms with van der Waals surface area (Å²) >= 11 is 0. The molecule has 1 saturated heterocycles. The minimum atomic E-state index is 0.187. The largest absolute Gasteiger partial charge is 0.317 e. The van der Waals surface area contributed by atoms with E-state index in [0.29, 0.717) is 0 Å². The maximum absolute atomic E-state index is 3.54. The van der Waals surface area contributed by atoms with Crippen molar-refractivity contribution >= 4 is 0 Å². The molecule has 0 bridgehead atoms. The molecule has 1 heterocycles. The highest BCUT2D eigenvalue weighted by molar-refractivity contribution is 5.39. The van der Waals surface area contributed by atoms with Crippen molar-refractivity contribution in [1.29, 1.82) is 0 Å². The van der Waals surface area contributed by atoms with E-state index in [0.717, 1.165) is 13.1 Å². The molecule has 0 radical (unpaired) electrons. The van der Waals surface area contributed by atoms with Crippen LogP contribution in [0.25, 0.3) is 0 Å². The van der Waals surface area contributed by atoms with Crippen molar-refractivity contribution < 1.29 is 0 Å². The Balaban J connectivity index is 2.09. The average Bonchev–Trinajstić information content (AvgIpc) is 2.76. The van der Waals surface area contributed by atoms with Gasteiger partial charge in [-0.3, -0.25) is 0 Å². The highest BCUT2D eigenvalue weighted by atomic mass is 14.9.